The highest BCUT2D eigenvalue weighted by Crippen LogP contribution is 2.36. The Bertz CT molecular complexity index is 1050. The molecule has 0 saturated heterocycles. The molecule has 4 rings (SSSR count). The van der Waals surface area contributed by atoms with Gasteiger partial charge in [-0.1, -0.05) is 18.2 Å². The van der Waals surface area contributed by atoms with Gasteiger partial charge in [-0.3, -0.25) is 4.98 Å². The number of benzene rings is 2. The van der Waals surface area contributed by atoms with Crippen LogP contribution in [0.2, 0.25) is 0 Å². The van der Waals surface area contributed by atoms with Crippen LogP contribution >= 0.6 is 0 Å². The quantitative estimate of drug-likeness (QED) is 0.512. The molecule has 0 aliphatic carbocycles. The lowest BCUT2D eigenvalue weighted by molar-refractivity contribution is 0.618. The largest absolute Gasteiger partial charge is 0.455 e. The summed E-state index contributed by atoms with van der Waals surface area (Å²) in [6, 6.07) is 15.8. The van der Waals surface area contributed by atoms with Gasteiger partial charge in [0.05, 0.1) is 11.3 Å². The summed E-state index contributed by atoms with van der Waals surface area (Å²) in [7, 11) is 0. The van der Waals surface area contributed by atoms with Crippen molar-refractivity contribution in [2.24, 2.45) is 0 Å². The lowest BCUT2D eigenvalue weighted by atomic mass is 10.0. The van der Waals surface area contributed by atoms with Crippen LogP contribution in [0.15, 0.2) is 59.1 Å². The minimum absolute atomic E-state index is 0.270. The van der Waals surface area contributed by atoms with Crippen LogP contribution in [0.5, 0.6) is 0 Å². The number of furan rings is 1. The first-order valence-corrected chi connectivity index (χ1v) is 6.74. The van der Waals surface area contributed by atoms with E-state index in [1.165, 1.54) is 12.1 Å². The molecule has 0 aliphatic rings. The number of hydrogen-bond donors (Lipinski definition) is 0. The van der Waals surface area contributed by atoms with Gasteiger partial charge in [-0.05, 0) is 24.3 Å². The molecule has 0 atom stereocenters. The molecule has 2 heterocycles. The number of hydrogen-bond acceptors (Lipinski definition) is 3. The van der Waals surface area contributed by atoms with Crippen molar-refractivity contribution < 1.29 is 8.81 Å². The van der Waals surface area contributed by atoms with Crippen LogP contribution in [0.4, 0.5) is 4.39 Å². The summed E-state index contributed by atoms with van der Waals surface area (Å²) >= 11 is 0. The minimum Gasteiger partial charge on any atom is -0.455 e. The standard InChI is InChI=1S/C18H9FN2O/c19-12-8-11(10-20)17-14-5-3-4-13(15-6-1-2-7-21-15)18(14)22-16(17)9-12/h1-9H. The molecule has 104 valence electrons. The van der Waals surface area contributed by atoms with E-state index < -0.39 is 5.82 Å². The normalized spacial score (nSPS) is 10.9. The van der Waals surface area contributed by atoms with Crippen LogP contribution in [-0.2, 0) is 0 Å². The molecule has 22 heavy (non-hydrogen) atoms. The third-order valence-corrected chi connectivity index (χ3v) is 3.62. The summed E-state index contributed by atoms with van der Waals surface area (Å²) in [5.74, 6) is -0.484. The summed E-state index contributed by atoms with van der Waals surface area (Å²) in [5, 5.41) is 10.7. The summed E-state index contributed by atoms with van der Waals surface area (Å²) in [6.45, 7) is 0. The highest BCUT2D eigenvalue weighted by molar-refractivity contribution is 6.11. The Morgan fingerprint density at radius 1 is 1.09 bits per heavy atom. The third kappa shape index (κ3) is 1.76. The van der Waals surface area contributed by atoms with Gasteiger partial charge in [0.2, 0.25) is 0 Å². The Labute approximate surface area is 125 Å². The van der Waals surface area contributed by atoms with E-state index in [9.17, 15) is 9.65 Å². The average Bonchev–Trinajstić information content (AvgIpc) is 2.92. The molecular formula is C18H9FN2O. The van der Waals surface area contributed by atoms with E-state index in [0.717, 1.165) is 16.6 Å². The molecule has 2 aromatic heterocycles. The monoisotopic (exact) mass is 288 g/mol. The highest BCUT2D eigenvalue weighted by atomic mass is 19.1. The lowest BCUT2D eigenvalue weighted by Gasteiger charge is -2.00. The highest BCUT2D eigenvalue weighted by Gasteiger charge is 2.16. The molecule has 0 radical (unpaired) electrons. The van der Waals surface area contributed by atoms with Crippen LogP contribution < -0.4 is 0 Å². The molecule has 0 amide bonds. The number of rotatable bonds is 1. The summed E-state index contributed by atoms with van der Waals surface area (Å²) in [5.41, 5.74) is 2.84. The zero-order valence-electron chi connectivity index (χ0n) is 11.4. The molecule has 0 spiro atoms. The number of aromatic nitrogens is 1. The lowest BCUT2D eigenvalue weighted by Crippen LogP contribution is -1.82. The van der Waals surface area contributed by atoms with Gasteiger partial charge in [0.25, 0.3) is 0 Å². The Hall–Kier alpha value is -3.19. The molecule has 0 unspecified atom stereocenters. The first-order chi connectivity index (χ1) is 10.8. The fourth-order valence-corrected chi connectivity index (χ4v) is 2.71. The molecule has 3 nitrogen and oxygen atoms in total. The van der Waals surface area contributed by atoms with Crippen LogP contribution in [0.25, 0.3) is 33.2 Å². The average molecular weight is 288 g/mol. The molecule has 4 heteroatoms. The second kappa shape index (κ2) is 4.68. The maximum Gasteiger partial charge on any atom is 0.144 e. The fraction of sp³-hybridized carbons (Fsp3) is 0. The van der Waals surface area contributed by atoms with Gasteiger partial charge in [-0.2, -0.15) is 5.26 Å². The minimum atomic E-state index is -0.484. The van der Waals surface area contributed by atoms with Crippen molar-refractivity contribution >= 4 is 21.9 Å². The van der Waals surface area contributed by atoms with Crippen molar-refractivity contribution in [1.29, 1.82) is 5.26 Å². The fourth-order valence-electron chi connectivity index (χ4n) is 2.71. The topological polar surface area (TPSA) is 49.8 Å². The van der Waals surface area contributed by atoms with E-state index in [4.69, 9.17) is 4.42 Å². The van der Waals surface area contributed by atoms with Crippen molar-refractivity contribution in [3.63, 3.8) is 0 Å². The number of pyridine rings is 1. The van der Waals surface area contributed by atoms with Crippen molar-refractivity contribution in [3.05, 3.63) is 66.1 Å². The zero-order chi connectivity index (χ0) is 15.1. The van der Waals surface area contributed by atoms with Gasteiger partial charge in [0.15, 0.2) is 0 Å². The predicted octanol–water partition coefficient (Wildman–Crippen LogP) is 4.66. The molecule has 4 aromatic rings. The first-order valence-electron chi connectivity index (χ1n) is 6.74. The SMILES string of the molecule is N#Cc1cc(F)cc2oc3c(-c4ccccn4)cccc3c12. The van der Waals surface area contributed by atoms with E-state index in [1.54, 1.807) is 6.20 Å². The Morgan fingerprint density at radius 3 is 2.77 bits per heavy atom. The number of para-hydroxylation sites is 1. The van der Waals surface area contributed by atoms with Gasteiger partial charge >= 0.3 is 0 Å². The Kier molecular flexibility index (Phi) is 2.67. The third-order valence-electron chi connectivity index (χ3n) is 3.62. The number of halogens is 1. The molecular weight excluding hydrogens is 279 g/mol. The van der Waals surface area contributed by atoms with Crippen LogP contribution in [0, 0.1) is 17.1 Å². The van der Waals surface area contributed by atoms with Crippen molar-refractivity contribution in [2.45, 2.75) is 0 Å². The van der Waals surface area contributed by atoms with Crippen molar-refractivity contribution in [3.8, 4) is 17.3 Å². The van der Waals surface area contributed by atoms with Gasteiger partial charge in [-0.25, -0.2) is 4.39 Å². The molecule has 2 aromatic carbocycles. The maximum absolute atomic E-state index is 13.6. The molecule has 0 fully saturated rings. The van der Waals surface area contributed by atoms with E-state index >= 15 is 0 Å². The van der Waals surface area contributed by atoms with Gasteiger partial charge < -0.3 is 4.42 Å². The van der Waals surface area contributed by atoms with Gasteiger partial charge in [0.1, 0.15) is 23.1 Å². The van der Waals surface area contributed by atoms with E-state index in [0.29, 0.717) is 16.6 Å². The molecule has 0 N–H and O–H groups in total. The summed E-state index contributed by atoms with van der Waals surface area (Å²) in [6.07, 6.45) is 1.71. The van der Waals surface area contributed by atoms with E-state index in [1.807, 2.05) is 42.5 Å². The van der Waals surface area contributed by atoms with Crippen LogP contribution in [0.1, 0.15) is 5.56 Å². The second-order valence-electron chi connectivity index (χ2n) is 4.94. The van der Waals surface area contributed by atoms with Crippen molar-refractivity contribution in [2.75, 3.05) is 0 Å². The van der Waals surface area contributed by atoms with Crippen LogP contribution in [0.3, 0.4) is 0 Å². The Morgan fingerprint density at radius 2 is 2.00 bits per heavy atom. The van der Waals surface area contributed by atoms with Gasteiger partial charge in [-0.15, -0.1) is 0 Å². The zero-order valence-corrected chi connectivity index (χ0v) is 11.4. The van der Waals surface area contributed by atoms with Crippen LogP contribution in [-0.4, -0.2) is 4.98 Å². The number of nitriles is 1. The summed E-state index contributed by atoms with van der Waals surface area (Å²) < 4.78 is 19.4. The predicted molar refractivity (Wildman–Crippen MR) is 81.6 cm³/mol. The number of fused-ring (bicyclic) bond motifs is 3. The Balaban J connectivity index is 2.15. The first kappa shape index (κ1) is 12.5. The number of nitrogens with zero attached hydrogens (tertiary/aromatic N) is 2. The summed E-state index contributed by atoms with van der Waals surface area (Å²) in [4.78, 5) is 4.33. The van der Waals surface area contributed by atoms with E-state index in [2.05, 4.69) is 4.98 Å². The van der Waals surface area contributed by atoms with Gasteiger partial charge in [0, 0.05) is 28.6 Å². The molecule has 0 bridgehead atoms. The second-order valence-corrected chi connectivity index (χ2v) is 4.94. The van der Waals surface area contributed by atoms with Crippen molar-refractivity contribution in [1.82, 2.24) is 4.98 Å². The molecule has 0 aliphatic heterocycles. The maximum atomic E-state index is 13.6. The van der Waals surface area contributed by atoms with E-state index in [-0.39, 0.29) is 5.56 Å². The molecule has 0 saturated carbocycles. The smallest absolute Gasteiger partial charge is 0.144 e.